The summed E-state index contributed by atoms with van der Waals surface area (Å²) in [7, 11) is 0. The van der Waals surface area contributed by atoms with Crippen molar-refractivity contribution in [2.45, 2.75) is 0 Å². The summed E-state index contributed by atoms with van der Waals surface area (Å²) in [5.74, 6) is 0. The van der Waals surface area contributed by atoms with Crippen LogP contribution in [0.25, 0.3) is 88.3 Å². The SMILES string of the molecule is [2H]c1c([2H])c(N(c2ccc(-c3ccc(-c4ccccc4)cc3)cc2)c2ccc(-c3c(-c4ccccc4)ccc4ccccc34)cc2)c([2H])c([2H])c1-c1ccc(-c2cccc3ccccc23)cc1. The van der Waals surface area contributed by atoms with E-state index in [1.165, 1.54) is 0 Å². The third-order valence-corrected chi connectivity index (χ3v) is 12.0. The summed E-state index contributed by atoms with van der Waals surface area (Å²) in [6, 6.07) is 80.3. The molecule has 0 amide bonds. The molecule has 0 saturated carbocycles. The third kappa shape index (κ3) is 7.47. The number of nitrogens with zero attached hydrogens (tertiary/aromatic N) is 1. The van der Waals surface area contributed by atoms with Crippen molar-refractivity contribution in [2.75, 3.05) is 4.90 Å². The Bertz CT molecular complexity index is 3540. The second-order valence-corrected chi connectivity index (χ2v) is 15.8. The molecule has 63 heavy (non-hydrogen) atoms. The van der Waals surface area contributed by atoms with Crippen molar-refractivity contribution >= 4 is 38.6 Å². The molecule has 0 radical (unpaired) electrons. The lowest BCUT2D eigenvalue weighted by Crippen LogP contribution is -2.09. The van der Waals surface area contributed by atoms with Crippen LogP contribution < -0.4 is 4.90 Å². The lowest BCUT2D eigenvalue weighted by atomic mass is 9.89. The zero-order valence-electron chi connectivity index (χ0n) is 38.5. The Morgan fingerprint density at radius 1 is 0.238 bits per heavy atom. The molecule has 0 saturated heterocycles. The Hall–Kier alpha value is -8.26. The monoisotopic (exact) mass is 805 g/mol. The molecular weight excluding hydrogens is 759 g/mol. The molecule has 0 unspecified atom stereocenters. The summed E-state index contributed by atoms with van der Waals surface area (Å²) in [4.78, 5) is 1.86. The maximum absolute atomic E-state index is 9.64. The fourth-order valence-electron chi connectivity index (χ4n) is 8.77. The second-order valence-electron chi connectivity index (χ2n) is 15.8. The molecule has 0 atom stereocenters. The van der Waals surface area contributed by atoms with Crippen molar-refractivity contribution < 1.29 is 5.48 Å². The fraction of sp³-hybridized carbons (Fsp3) is 0. The van der Waals surface area contributed by atoms with E-state index < -0.39 is 0 Å². The topological polar surface area (TPSA) is 3.24 Å². The largest absolute Gasteiger partial charge is 0.311 e. The highest BCUT2D eigenvalue weighted by molar-refractivity contribution is 6.04. The molecule has 296 valence electrons. The molecule has 11 aromatic carbocycles. The van der Waals surface area contributed by atoms with Crippen LogP contribution in [0.3, 0.4) is 0 Å². The van der Waals surface area contributed by atoms with Gasteiger partial charge in [0.15, 0.2) is 0 Å². The molecule has 0 spiro atoms. The summed E-state index contributed by atoms with van der Waals surface area (Å²) in [5.41, 5.74) is 13.3. The van der Waals surface area contributed by atoms with Crippen LogP contribution in [0.4, 0.5) is 17.1 Å². The van der Waals surface area contributed by atoms with Crippen LogP contribution >= 0.6 is 0 Å². The first-order valence-corrected chi connectivity index (χ1v) is 21.3. The first-order valence-electron chi connectivity index (χ1n) is 23.3. The van der Waals surface area contributed by atoms with Gasteiger partial charge in [-0.2, -0.15) is 0 Å². The number of fused-ring (bicyclic) bond motifs is 2. The van der Waals surface area contributed by atoms with E-state index in [0.29, 0.717) is 16.9 Å². The molecular formula is C62H43N. The van der Waals surface area contributed by atoms with Gasteiger partial charge in [0.2, 0.25) is 0 Å². The maximum Gasteiger partial charge on any atom is 0.0645 e. The van der Waals surface area contributed by atoms with Crippen LogP contribution in [0.2, 0.25) is 0 Å². The van der Waals surface area contributed by atoms with Gasteiger partial charge in [0.25, 0.3) is 0 Å². The van der Waals surface area contributed by atoms with Gasteiger partial charge >= 0.3 is 0 Å². The van der Waals surface area contributed by atoms with Crippen LogP contribution in [0.5, 0.6) is 0 Å². The summed E-state index contributed by atoms with van der Waals surface area (Å²) in [5, 5.41) is 4.57. The van der Waals surface area contributed by atoms with E-state index in [2.05, 4.69) is 152 Å². The fourth-order valence-corrected chi connectivity index (χ4v) is 8.77. The average Bonchev–Trinajstić information content (AvgIpc) is 3.40. The Morgan fingerprint density at radius 3 is 1.25 bits per heavy atom. The second kappa shape index (κ2) is 16.7. The molecule has 11 rings (SSSR count). The molecule has 0 heterocycles. The summed E-state index contributed by atoms with van der Waals surface area (Å²) in [6.07, 6.45) is 0. The minimum Gasteiger partial charge on any atom is -0.311 e. The van der Waals surface area contributed by atoms with Gasteiger partial charge in [-0.25, -0.2) is 0 Å². The van der Waals surface area contributed by atoms with E-state index in [9.17, 15) is 5.48 Å². The third-order valence-electron chi connectivity index (χ3n) is 12.0. The molecule has 0 N–H and O–H groups in total. The minimum atomic E-state index is -0.126. The van der Waals surface area contributed by atoms with E-state index in [1.807, 2.05) is 89.8 Å². The van der Waals surface area contributed by atoms with E-state index in [-0.39, 0.29) is 35.4 Å². The van der Waals surface area contributed by atoms with Crippen molar-refractivity contribution in [1.29, 1.82) is 0 Å². The smallest absolute Gasteiger partial charge is 0.0645 e. The van der Waals surface area contributed by atoms with Crippen LogP contribution in [-0.2, 0) is 0 Å². The number of benzene rings is 11. The minimum absolute atomic E-state index is 0.103. The maximum atomic E-state index is 9.64. The zero-order chi connectivity index (χ0) is 45.4. The van der Waals surface area contributed by atoms with Crippen LogP contribution in [0, 0.1) is 0 Å². The van der Waals surface area contributed by atoms with Gasteiger partial charge in [0.05, 0.1) is 5.48 Å². The summed E-state index contributed by atoms with van der Waals surface area (Å²) >= 11 is 0. The van der Waals surface area contributed by atoms with Crippen LogP contribution in [0.1, 0.15) is 5.48 Å². The molecule has 0 fully saturated rings. The van der Waals surface area contributed by atoms with Gasteiger partial charge in [0.1, 0.15) is 0 Å². The Kier molecular flexibility index (Phi) is 8.84. The van der Waals surface area contributed by atoms with Gasteiger partial charge < -0.3 is 4.90 Å². The number of rotatable bonds is 9. The molecule has 0 aliphatic rings. The lowest BCUT2D eigenvalue weighted by molar-refractivity contribution is 1.28. The standard InChI is InChI=1S/C62H43N/c1-3-12-44(13-4-1)45-22-24-46(25-23-45)48-30-37-55(38-31-48)63(56-39-32-49(33-40-56)47-26-28-53(29-27-47)59-21-11-18-50-16-7-9-19-58(50)59)57-41-34-54(35-42-57)62-60-20-10-8-17-52(60)36-43-61(62)51-14-5-2-6-15-51/h1-43H/i32D,33D,39D,40D. The van der Waals surface area contributed by atoms with Crippen molar-refractivity contribution in [3.63, 3.8) is 0 Å². The number of hydrogen-bond donors (Lipinski definition) is 0. The quantitative estimate of drug-likeness (QED) is 0.140. The molecule has 0 aliphatic carbocycles. The van der Waals surface area contributed by atoms with Crippen molar-refractivity contribution in [1.82, 2.24) is 0 Å². The predicted molar refractivity (Wildman–Crippen MR) is 269 cm³/mol. The number of anilines is 3. The van der Waals surface area contributed by atoms with Gasteiger partial charge in [-0.1, -0.05) is 224 Å². The Balaban J connectivity index is 1.02. The normalized spacial score (nSPS) is 12.1. The summed E-state index contributed by atoms with van der Waals surface area (Å²) < 4.78 is 38.3. The zero-order valence-corrected chi connectivity index (χ0v) is 34.5. The summed E-state index contributed by atoms with van der Waals surface area (Å²) in [6.45, 7) is 0. The molecule has 1 nitrogen and oxygen atoms in total. The molecule has 0 aliphatic heterocycles. The Labute approximate surface area is 375 Å². The van der Waals surface area contributed by atoms with E-state index in [4.69, 9.17) is 0 Å². The van der Waals surface area contributed by atoms with Gasteiger partial charge in [-0.05, 0) is 125 Å². The first-order chi connectivity index (χ1) is 32.9. The van der Waals surface area contributed by atoms with Crippen LogP contribution in [-0.4, -0.2) is 0 Å². The van der Waals surface area contributed by atoms with E-state index in [0.717, 1.165) is 77.2 Å². The van der Waals surface area contributed by atoms with Gasteiger partial charge in [0, 0.05) is 17.1 Å². The predicted octanol–water partition coefficient (Wildman–Crippen LogP) is 17.5. The highest BCUT2D eigenvalue weighted by Gasteiger charge is 2.17. The first kappa shape index (κ1) is 33.5. The average molecular weight is 806 g/mol. The van der Waals surface area contributed by atoms with Gasteiger partial charge in [-0.15, -0.1) is 0 Å². The van der Waals surface area contributed by atoms with Crippen molar-refractivity contribution in [2.24, 2.45) is 0 Å². The highest BCUT2D eigenvalue weighted by Crippen LogP contribution is 2.42. The molecule has 11 aromatic rings. The highest BCUT2D eigenvalue weighted by atomic mass is 15.1. The van der Waals surface area contributed by atoms with E-state index in [1.54, 1.807) is 0 Å². The molecule has 0 aromatic heterocycles. The number of hydrogen-bond acceptors (Lipinski definition) is 1. The molecule has 1 heteroatoms. The molecule has 0 bridgehead atoms. The van der Waals surface area contributed by atoms with Crippen molar-refractivity contribution in [3.8, 4) is 66.8 Å². The van der Waals surface area contributed by atoms with E-state index >= 15 is 0 Å². The van der Waals surface area contributed by atoms with Crippen molar-refractivity contribution in [3.05, 3.63) is 261 Å². The Morgan fingerprint density at radius 2 is 0.651 bits per heavy atom. The van der Waals surface area contributed by atoms with Crippen LogP contribution in [0.15, 0.2) is 261 Å². The lowest BCUT2D eigenvalue weighted by Gasteiger charge is -2.26. The van der Waals surface area contributed by atoms with Gasteiger partial charge in [-0.3, -0.25) is 0 Å².